The molecule has 0 heterocycles. The number of amides is 2. The van der Waals surface area contributed by atoms with Crippen LogP contribution in [0.5, 0.6) is 11.5 Å². The Morgan fingerprint density at radius 3 is 2.79 bits per heavy atom. The van der Waals surface area contributed by atoms with Gasteiger partial charge in [-0.05, 0) is 48.7 Å². The number of nitrogens with one attached hydrogen (secondary N) is 1. The first kappa shape index (κ1) is 16.1. The lowest BCUT2D eigenvalue weighted by Crippen LogP contribution is -2.36. The molecular formula is C18H19FN2O3. The van der Waals surface area contributed by atoms with Crippen LogP contribution in [-0.4, -0.2) is 29.2 Å². The first-order valence-electron chi connectivity index (χ1n) is 7.76. The van der Waals surface area contributed by atoms with Gasteiger partial charge < -0.3 is 20.1 Å². The fourth-order valence-corrected chi connectivity index (χ4v) is 2.53. The van der Waals surface area contributed by atoms with Gasteiger partial charge in [0.1, 0.15) is 5.82 Å². The van der Waals surface area contributed by atoms with Gasteiger partial charge in [0, 0.05) is 18.3 Å². The Morgan fingerprint density at radius 2 is 2.12 bits per heavy atom. The van der Waals surface area contributed by atoms with E-state index in [9.17, 15) is 14.3 Å². The Morgan fingerprint density at radius 1 is 1.33 bits per heavy atom. The molecule has 1 aliphatic carbocycles. The van der Waals surface area contributed by atoms with Gasteiger partial charge in [-0.3, -0.25) is 0 Å². The molecule has 0 saturated heterocycles. The smallest absolute Gasteiger partial charge is 0.322 e. The highest BCUT2D eigenvalue weighted by Crippen LogP contribution is 2.31. The van der Waals surface area contributed by atoms with Crippen LogP contribution in [0.15, 0.2) is 42.5 Å². The summed E-state index contributed by atoms with van der Waals surface area (Å²) in [7, 11) is 1.48. The average Bonchev–Trinajstić information content (AvgIpc) is 3.38. The van der Waals surface area contributed by atoms with Crippen LogP contribution in [0.3, 0.4) is 0 Å². The van der Waals surface area contributed by atoms with E-state index in [0.717, 1.165) is 18.4 Å². The van der Waals surface area contributed by atoms with Gasteiger partial charge >= 0.3 is 6.03 Å². The van der Waals surface area contributed by atoms with E-state index in [1.54, 1.807) is 35.2 Å². The Balaban J connectivity index is 1.74. The number of urea groups is 1. The number of aromatic hydroxyl groups is 1. The molecule has 6 heteroatoms. The first-order valence-corrected chi connectivity index (χ1v) is 7.76. The number of halogens is 1. The maximum absolute atomic E-state index is 13.3. The second-order valence-electron chi connectivity index (χ2n) is 5.81. The molecule has 0 spiro atoms. The minimum Gasteiger partial charge on any atom is -0.504 e. The van der Waals surface area contributed by atoms with Crippen molar-refractivity contribution < 1.29 is 19.0 Å². The summed E-state index contributed by atoms with van der Waals surface area (Å²) in [6.07, 6.45) is 1.90. The Labute approximate surface area is 139 Å². The largest absolute Gasteiger partial charge is 0.504 e. The molecule has 0 unspecified atom stereocenters. The summed E-state index contributed by atoms with van der Waals surface area (Å²) in [5, 5.41) is 12.4. The highest BCUT2D eigenvalue weighted by molar-refractivity contribution is 5.89. The highest BCUT2D eigenvalue weighted by atomic mass is 19.1. The summed E-state index contributed by atoms with van der Waals surface area (Å²) in [5.41, 5.74) is 1.28. The summed E-state index contributed by atoms with van der Waals surface area (Å²) in [5.74, 6) is 0.0336. The van der Waals surface area contributed by atoms with Gasteiger partial charge in [0.25, 0.3) is 0 Å². The number of carbonyl (C=O) groups excluding carboxylic acids is 1. The maximum atomic E-state index is 13.3. The van der Waals surface area contributed by atoms with Crippen LogP contribution in [0.1, 0.15) is 18.4 Å². The summed E-state index contributed by atoms with van der Waals surface area (Å²) >= 11 is 0. The number of methoxy groups -OCH3 is 1. The molecule has 0 aliphatic heterocycles. The van der Waals surface area contributed by atoms with E-state index in [1.807, 2.05) is 0 Å². The van der Waals surface area contributed by atoms with Gasteiger partial charge in [0.2, 0.25) is 0 Å². The van der Waals surface area contributed by atoms with E-state index >= 15 is 0 Å². The molecule has 2 amide bonds. The zero-order valence-corrected chi connectivity index (χ0v) is 13.3. The number of benzene rings is 2. The Bertz CT molecular complexity index is 747. The van der Waals surface area contributed by atoms with Crippen LogP contribution in [0, 0.1) is 5.82 Å². The molecular weight excluding hydrogens is 311 g/mol. The predicted octanol–water partition coefficient (Wildman–Crippen LogP) is 3.74. The lowest BCUT2D eigenvalue weighted by Gasteiger charge is -2.23. The fourth-order valence-electron chi connectivity index (χ4n) is 2.53. The van der Waals surface area contributed by atoms with E-state index in [4.69, 9.17) is 4.74 Å². The quantitative estimate of drug-likeness (QED) is 0.878. The lowest BCUT2D eigenvalue weighted by atomic mass is 10.2. The van der Waals surface area contributed by atoms with Crippen LogP contribution in [-0.2, 0) is 6.54 Å². The van der Waals surface area contributed by atoms with Crippen LogP contribution in [0.2, 0.25) is 0 Å². The predicted molar refractivity (Wildman–Crippen MR) is 88.6 cm³/mol. The van der Waals surface area contributed by atoms with Crippen LogP contribution >= 0.6 is 0 Å². The van der Waals surface area contributed by atoms with Gasteiger partial charge in [-0.15, -0.1) is 0 Å². The van der Waals surface area contributed by atoms with E-state index in [0.29, 0.717) is 18.0 Å². The van der Waals surface area contributed by atoms with E-state index in [1.165, 1.54) is 19.2 Å². The minimum absolute atomic E-state index is 0.0587. The number of hydrogen-bond donors (Lipinski definition) is 2. The van der Waals surface area contributed by atoms with Crippen molar-refractivity contribution in [2.24, 2.45) is 0 Å². The molecule has 1 fully saturated rings. The topological polar surface area (TPSA) is 61.8 Å². The molecule has 126 valence electrons. The van der Waals surface area contributed by atoms with Crippen molar-refractivity contribution in [1.29, 1.82) is 0 Å². The highest BCUT2D eigenvalue weighted by Gasteiger charge is 2.32. The van der Waals surface area contributed by atoms with Gasteiger partial charge in [0.05, 0.1) is 7.11 Å². The minimum atomic E-state index is -0.394. The number of carbonyl (C=O) groups is 1. The maximum Gasteiger partial charge on any atom is 0.322 e. The van der Waals surface area contributed by atoms with Crippen LogP contribution in [0.4, 0.5) is 14.9 Å². The van der Waals surface area contributed by atoms with Crippen LogP contribution in [0.25, 0.3) is 0 Å². The molecule has 2 aromatic rings. The SMILES string of the molecule is COc1cc(CN(C(=O)Nc2cccc(F)c2)C2CC2)ccc1O. The number of nitrogens with zero attached hydrogens (tertiary/aromatic N) is 1. The fraction of sp³-hybridized carbons (Fsp3) is 0.278. The number of phenols is 1. The van der Waals surface area contributed by atoms with Gasteiger partial charge in [-0.25, -0.2) is 9.18 Å². The molecule has 0 aromatic heterocycles. The van der Waals surface area contributed by atoms with Crippen molar-refractivity contribution in [3.63, 3.8) is 0 Å². The lowest BCUT2D eigenvalue weighted by molar-refractivity contribution is 0.206. The second kappa shape index (κ2) is 6.78. The van der Waals surface area contributed by atoms with Crippen molar-refractivity contribution in [3.8, 4) is 11.5 Å². The van der Waals surface area contributed by atoms with Crippen molar-refractivity contribution >= 4 is 11.7 Å². The third-order valence-electron chi connectivity index (χ3n) is 3.92. The third-order valence-corrected chi connectivity index (χ3v) is 3.92. The molecule has 2 N–H and O–H groups in total. The molecule has 2 aromatic carbocycles. The number of ether oxygens (including phenoxy) is 1. The molecule has 0 bridgehead atoms. The standard InChI is InChI=1S/C18H19FN2O3/c1-24-17-9-12(5-8-16(17)22)11-21(15-6-7-15)18(23)20-14-4-2-3-13(19)10-14/h2-5,8-10,15,22H,6-7,11H2,1H3,(H,20,23). The van der Waals surface area contributed by atoms with Crippen molar-refractivity contribution in [3.05, 3.63) is 53.8 Å². The van der Waals surface area contributed by atoms with Crippen molar-refractivity contribution in [1.82, 2.24) is 4.90 Å². The summed E-state index contributed by atoms with van der Waals surface area (Å²) in [6, 6.07) is 10.7. The number of rotatable bonds is 5. The summed E-state index contributed by atoms with van der Waals surface area (Å²) in [4.78, 5) is 14.3. The molecule has 5 nitrogen and oxygen atoms in total. The molecule has 0 radical (unpaired) electrons. The molecule has 0 atom stereocenters. The van der Waals surface area contributed by atoms with Crippen LogP contribution < -0.4 is 10.1 Å². The number of phenolic OH excluding ortho intramolecular Hbond substituents is 1. The van der Waals surface area contributed by atoms with E-state index < -0.39 is 5.82 Å². The summed E-state index contributed by atoms with van der Waals surface area (Å²) < 4.78 is 18.4. The van der Waals surface area contributed by atoms with E-state index in [-0.39, 0.29) is 17.8 Å². The third kappa shape index (κ3) is 3.76. The van der Waals surface area contributed by atoms with Crippen molar-refractivity contribution in [2.75, 3.05) is 12.4 Å². The molecule has 1 saturated carbocycles. The normalized spacial score (nSPS) is 13.4. The zero-order valence-electron chi connectivity index (χ0n) is 13.3. The summed E-state index contributed by atoms with van der Waals surface area (Å²) in [6.45, 7) is 0.391. The monoisotopic (exact) mass is 330 g/mol. The first-order chi connectivity index (χ1) is 11.6. The second-order valence-corrected chi connectivity index (χ2v) is 5.81. The van der Waals surface area contributed by atoms with Crippen molar-refractivity contribution in [2.45, 2.75) is 25.4 Å². The van der Waals surface area contributed by atoms with E-state index in [2.05, 4.69) is 5.32 Å². The average molecular weight is 330 g/mol. The zero-order chi connectivity index (χ0) is 17.1. The number of anilines is 1. The van der Waals surface area contributed by atoms with Gasteiger partial charge in [0.15, 0.2) is 11.5 Å². The molecule has 1 aliphatic rings. The molecule has 3 rings (SSSR count). The molecule has 24 heavy (non-hydrogen) atoms. The Hall–Kier alpha value is -2.76. The Kier molecular flexibility index (Phi) is 4.55. The van der Waals surface area contributed by atoms with Gasteiger partial charge in [-0.1, -0.05) is 12.1 Å². The van der Waals surface area contributed by atoms with Gasteiger partial charge in [-0.2, -0.15) is 0 Å². The number of hydrogen-bond acceptors (Lipinski definition) is 3.